The highest BCUT2D eigenvalue weighted by atomic mass is 16.3. The highest BCUT2D eigenvalue weighted by Gasteiger charge is 2.29. The Morgan fingerprint density at radius 1 is 1.22 bits per heavy atom. The fraction of sp³-hybridized carbons (Fsp3) is 0.350. The van der Waals surface area contributed by atoms with E-state index in [0.29, 0.717) is 19.5 Å². The lowest BCUT2D eigenvalue weighted by atomic mass is 10.0. The number of carbonyl (C=O) groups is 1. The van der Waals surface area contributed by atoms with Crippen LogP contribution in [0.5, 0.6) is 0 Å². The standard InChI is InChI=1S/C20H23N5O2/c26-19-13-24(12-16-6-3-4-9-21-16)10-8-18(19)22-20(27)14-25-11-15-5-1-2-7-17(15)23-25/h1-7,9,11,18-19,26H,8,10,12-14H2,(H,22,27)/t18-,19-/m1/s1. The number of β-amino-alcohol motifs (C(OH)–C–C–N with tert-alkyl or cyclic N) is 1. The molecular formula is C20H23N5O2. The first-order chi connectivity index (χ1) is 13.2. The largest absolute Gasteiger partial charge is 0.390 e. The Balaban J connectivity index is 1.30. The average Bonchev–Trinajstić information content (AvgIpc) is 3.07. The molecule has 0 unspecified atom stereocenters. The number of likely N-dealkylation sites (tertiary alicyclic amines) is 1. The Labute approximate surface area is 157 Å². The number of fused-ring (bicyclic) bond motifs is 1. The quantitative estimate of drug-likeness (QED) is 0.710. The van der Waals surface area contributed by atoms with Crippen LogP contribution in [0.15, 0.2) is 54.9 Å². The van der Waals surface area contributed by atoms with Crippen molar-refractivity contribution < 1.29 is 9.90 Å². The molecule has 1 aliphatic rings. The van der Waals surface area contributed by atoms with Crippen LogP contribution in [-0.4, -0.2) is 55.9 Å². The first-order valence-corrected chi connectivity index (χ1v) is 9.19. The van der Waals surface area contributed by atoms with Crippen molar-refractivity contribution >= 4 is 16.8 Å². The van der Waals surface area contributed by atoms with Crippen molar-refractivity contribution in [3.63, 3.8) is 0 Å². The minimum Gasteiger partial charge on any atom is -0.390 e. The van der Waals surface area contributed by atoms with Gasteiger partial charge < -0.3 is 10.4 Å². The molecule has 2 aromatic heterocycles. The van der Waals surface area contributed by atoms with Gasteiger partial charge in [-0.15, -0.1) is 0 Å². The molecule has 0 spiro atoms. The second-order valence-electron chi connectivity index (χ2n) is 6.97. The summed E-state index contributed by atoms with van der Waals surface area (Å²) in [6.07, 6.45) is 3.75. The van der Waals surface area contributed by atoms with Gasteiger partial charge in [-0.05, 0) is 24.6 Å². The molecular weight excluding hydrogens is 342 g/mol. The third-order valence-electron chi connectivity index (χ3n) is 4.89. The number of hydrogen-bond donors (Lipinski definition) is 2. The van der Waals surface area contributed by atoms with Crippen molar-refractivity contribution in [3.05, 3.63) is 60.6 Å². The monoisotopic (exact) mass is 365 g/mol. The number of amides is 1. The Morgan fingerprint density at radius 2 is 2.07 bits per heavy atom. The first-order valence-electron chi connectivity index (χ1n) is 9.19. The highest BCUT2D eigenvalue weighted by Crippen LogP contribution is 2.14. The number of rotatable bonds is 5. The van der Waals surface area contributed by atoms with E-state index in [4.69, 9.17) is 0 Å². The number of nitrogens with one attached hydrogen (secondary N) is 1. The minimum atomic E-state index is -0.594. The number of pyridine rings is 1. The van der Waals surface area contributed by atoms with E-state index in [2.05, 4.69) is 20.3 Å². The smallest absolute Gasteiger partial charge is 0.242 e. The summed E-state index contributed by atoms with van der Waals surface area (Å²) in [6.45, 7) is 2.19. The second kappa shape index (κ2) is 7.85. The first kappa shape index (κ1) is 17.6. The molecule has 0 bridgehead atoms. The van der Waals surface area contributed by atoms with Gasteiger partial charge in [0, 0.05) is 37.4 Å². The number of nitrogens with zero attached hydrogens (tertiary/aromatic N) is 4. The van der Waals surface area contributed by atoms with E-state index in [-0.39, 0.29) is 18.5 Å². The SMILES string of the molecule is O=C(Cn1cc2ccccc2n1)N[C@@H]1CCN(Cc2ccccn2)C[C@H]1O. The Bertz CT molecular complexity index is 878. The van der Waals surface area contributed by atoms with Gasteiger partial charge in [-0.25, -0.2) is 0 Å². The van der Waals surface area contributed by atoms with E-state index >= 15 is 0 Å². The number of hydrogen-bond acceptors (Lipinski definition) is 5. The van der Waals surface area contributed by atoms with Crippen LogP contribution >= 0.6 is 0 Å². The molecule has 7 heteroatoms. The zero-order chi connectivity index (χ0) is 18.6. The normalized spacial score (nSPS) is 20.6. The Kier molecular flexibility index (Phi) is 5.13. The molecule has 1 fully saturated rings. The number of benzene rings is 1. The third-order valence-corrected chi connectivity index (χ3v) is 4.89. The molecule has 3 heterocycles. The molecule has 0 aliphatic carbocycles. The topological polar surface area (TPSA) is 83.3 Å². The fourth-order valence-electron chi connectivity index (χ4n) is 3.53. The third kappa shape index (κ3) is 4.32. The predicted molar refractivity (Wildman–Crippen MR) is 102 cm³/mol. The summed E-state index contributed by atoms with van der Waals surface area (Å²) in [6, 6.07) is 13.4. The van der Waals surface area contributed by atoms with Gasteiger partial charge in [0.15, 0.2) is 0 Å². The van der Waals surface area contributed by atoms with Gasteiger partial charge in [0.1, 0.15) is 6.54 Å². The number of carbonyl (C=O) groups excluding carboxylic acids is 1. The minimum absolute atomic E-state index is 0.134. The number of aliphatic hydroxyl groups excluding tert-OH is 1. The lowest BCUT2D eigenvalue weighted by Gasteiger charge is -2.36. The Morgan fingerprint density at radius 3 is 2.85 bits per heavy atom. The van der Waals surface area contributed by atoms with Crippen LogP contribution in [0, 0.1) is 0 Å². The lowest BCUT2D eigenvalue weighted by Crippen LogP contribution is -2.54. The van der Waals surface area contributed by atoms with Gasteiger partial charge in [-0.3, -0.25) is 19.4 Å². The molecule has 2 atom stereocenters. The molecule has 3 aromatic rings. The van der Waals surface area contributed by atoms with Crippen LogP contribution in [0.3, 0.4) is 0 Å². The predicted octanol–water partition coefficient (Wildman–Crippen LogP) is 1.18. The van der Waals surface area contributed by atoms with Crippen LogP contribution < -0.4 is 5.32 Å². The van der Waals surface area contributed by atoms with Gasteiger partial charge >= 0.3 is 0 Å². The van der Waals surface area contributed by atoms with Crippen LogP contribution in [0.4, 0.5) is 0 Å². The van der Waals surface area contributed by atoms with Gasteiger partial charge in [0.05, 0.1) is 23.4 Å². The summed E-state index contributed by atoms with van der Waals surface area (Å²) in [5.74, 6) is -0.134. The van der Waals surface area contributed by atoms with Crippen molar-refractivity contribution in [2.75, 3.05) is 13.1 Å². The van der Waals surface area contributed by atoms with Crippen molar-refractivity contribution in [2.24, 2.45) is 0 Å². The van der Waals surface area contributed by atoms with Crippen LogP contribution in [-0.2, 0) is 17.9 Å². The molecule has 1 saturated heterocycles. The zero-order valence-electron chi connectivity index (χ0n) is 15.0. The van der Waals surface area contributed by atoms with E-state index in [9.17, 15) is 9.90 Å². The van der Waals surface area contributed by atoms with Crippen LogP contribution in [0.1, 0.15) is 12.1 Å². The van der Waals surface area contributed by atoms with Crippen LogP contribution in [0.2, 0.25) is 0 Å². The zero-order valence-corrected chi connectivity index (χ0v) is 15.0. The lowest BCUT2D eigenvalue weighted by molar-refractivity contribution is -0.124. The second-order valence-corrected chi connectivity index (χ2v) is 6.97. The van der Waals surface area contributed by atoms with Gasteiger partial charge in [0.2, 0.25) is 5.91 Å². The molecule has 140 valence electrons. The van der Waals surface area contributed by atoms with E-state index in [1.54, 1.807) is 10.9 Å². The van der Waals surface area contributed by atoms with Crippen molar-refractivity contribution in [1.29, 1.82) is 0 Å². The van der Waals surface area contributed by atoms with Gasteiger partial charge in [0.25, 0.3) is 0 Å². The van der Waals surface area contributed by atoms with Crippen molar-refractivity contribution in [2.45, 2.75) is 31.7 Å². The van der Waals surface area contributed by atoms with E-state index < -0.39 is 6.10 Å². The molecule has 1 aliphatic heterocycles. The number of piperidine rings is 1. The van der Waals surface area contributed by atoms with Gasteiger partial charge in [-0.1, -0.05) is 24.3 Å². The Hall–Kier alpha value is -2.77. The molecule has 0 saturated carbocycles. The maximum absolute atomic E-state index is 12.4. The summed E-state index contributed by atoms with van der Waals surface area (Å²) in [7, 11) is 0. The van der Waals surface area contributed by atoms with E-state index in [1.165, 1.54) is 0 Å². The summed E-state index contributed by atoms with van der Waals surface area (Å²) in [4.78, 5) is 18.9. The fourth-order valence-corrected chi connectivity index (χ4v) is 3.53. The molecule has 4 rings (SSSR count). The maximum atomic E-state index is 12.4. The summed E-state index contributed by atoms with van der Waals surface area (Å²) in [5, 5.41) is 18.8. The van der Waals surface area contributed by atoms with Crippen molar-refractivity contribution in [1.82, 2.24) is 25.0 Å². The van der Waals surface area contributed by atoms with E-state index in [0.717, 1.165) is 23.1 Å². The maximum Gasteiger partial charge on any atom is 0.242 e. The van der Waals surface area contributed by atoms with Gasteiger partial charge in [-0.2, -0.15) is 5.10 Å². The molecule has 27 heavy (non-hydrogen) atoms. The molecule has 2 N–H and O–H groups in total. The number of aliphatic hydroxyl groups is 1. The summed E-state index contributed by atoms with van der Waals surface area (Å²) in [5.41, 5.74) is 1.85. The van der Waals surface area contributed by atoms with Crippen molar-refractivity contribution in [3.8, 4) is 0 Å². The molecule has 7 nitrogen and oxygen atoms in total. The molecule has 1 amide bonds. The summed E-state index contributed by atoms with van der Waals surface area (Å²) < 4.78 is 1.64. The van der Waals surface area contributed by atoms with E-state index in [1.807, 2.05) is 48.7 Å². The van der Waals surface area contributed by atoms with Crippen LogP contribution in [0.25, 0.3) is 10.9 Å². The molecule has 1 aromatic carbocycles. The molecule has 0 radical (unpaired) electrons. The average molecular weight is 365 g/mol. The number of aromatic nitrogens is 3. The summed E-state index contributed by atoms with van der Waals surface area (Å²) >= 11 is 0. The highest BCUT2D eigenvalue weighted by molar-refractivity contribution is 5.80.